The van der Waals surface area contributed by atoms with E-state index in [4.69, 9.17) is 13.1 Å². The smallest absolute Gasteiger partial charge is 0.211 e. The summed E-state index contributed by atoms with van der Waals surface area (Å²) in [6.45, 7) is 16.6. The Morgan fingerprint density at radius 3 is 1.40 bits per heavy atom. The van der Waals surface area contributed by atoms with E-state index in [2.05, 4.69) is 140 Å². The van der Waals surface area contributed by atoms with Crippen LogP contribution in [0.2, 0.25) is 0 Å². The van der Waals surface area contributed by atoms with Gasteiger partial charge in [-0.1, -0.05) is 121 Å². The Balaban J connectivity index is 1.34. The molecule has 7 aromatic carbocycles. The zero-order valence-electron chi connectivity index (χ0n) is 25.8. The van der Waals surface area contributed by atoms with Gasteiger partial charge >= 0.3 is 0 Å². The lowest BCUT2D eigenvalue weighted by Gasteiger charge is -2.20. The number of benzene rings is 7. The van der Waals surface area contributed by atoms with Crippen molar-refractivity contribution in [3.05, 3.63) is 181 Å². The van der Waals surface area contributed by atoms with Crippen LogP contribution in [0.1, 0.15) is 0 Å². The van der Waals surface area contributed by atoms with Gasteiger partial charge in [-0.3, -0.25) is 0 Å². The molecule has 48 heavy (non-hydrogen) atoms. The summed E-state index contributed by atoms with van der Waals surface area (Å²) in [4.78, 5) is 8.09. The van der Waals surface area contributed by atoms with Crippen LogP contribution in [0.3, 0.4) is 0 Å². The molecule has 0 amide bonds. The van der Waals surface area contributed by atoms with Crippen LogP contribution in [-0.2, 0) is 0 Å². The van der Waals surface area contributed by atoms with Crippen molar-refractivity contribution < 1.29 is 0 Å². The lowest BCUT2D eigenvalue weighted by molar-refractivity contribution is 1.18. The molecular formula is C44H26N4. The van der Waals surface area contributed by atoms with Gasteiger partial charge < -0.3 is 9.13 Å². The molecule has 0 aliphatic carbocycles. The van der Waals surface area contributed by atoms with E-state index in [0.29, 0.717) is 11.4 Å². The Morgan fingerprint density at radius 2 is 0.854 bits per heavy atom. The number of rotatable bonds is 4. The molecule has 0 bridgehead atoms. The first-order valence-electron chi connectivity index (χ1n) is 15.9. The van der Waals surface area contributed by atoms with Crippen molar-refractivity contribution >= 4 is 55.0 Å². The van der Waals surface area contributed by atoms with Gasteiger partial charge in [-0.2, -0.15) is 0 Å². The normalized spacial score (nSPS) is 11.3. The van der Waals surface area contributed by atoms with Crippen LogP contribution in [0.4, 0.5) is 11.4 Å². The van der Waals surface area contributed by atoms with Crippen LogP contribution in [0.25, 0.3) is 86.9 Å². The van der Waals surface area contributed by atoms with Gasteiger partial charge in [-0.25, -0.2) is 9.69 Å². The summed E-state index contributed by atoms with van der Waals surface area (Å²) < 4.78 is 4.52. The van der Waals surface area contributed by atoms with Crippen molar-refractivity contribution in [2.24, 2.45) is 0 Å². The average Bonchev–Trinajstić information content (AvgIpc) is 3.67. The molecule has 0 N–H and O–H groups in total. The first kappa shape index (κ1) is 27.4. The van der Waals surface area contributed by atoms with Crippen LogP contribution in [0.5, 0.6) is 0 Å². The number of hydrogen-bond acceptors (Lipinski definition) is 0. The topological polar surface area (TPSA) is 18.6 Å². The summed E-state index contributed by atoms with van der Waals surface area (Å²) in [7, 11) is 0. The fourth-order valence-corrected chi connectivity index (χ4v) is 7.39. The van der Waals surface area contributed by atoms with Crippen molar-refractivity contribution in [3.8, 4) is 33.6 Å². The SMILES string of the molecule is [C-]#[N+]c1cccc(-c2cccc(-n3c4ccccc4c4ccccc43)c2)c1-c1cccc([N+]#[C-])c1-n1c2ccccc2c2ccccc21. The third-order valence-corrected chi connectivity index (χ3v) is 9.37. The van der Waals surface area contributed by atoms with Gasteiger partial charge in [-0.05, 0) is 58.7 Å². The summed E-state index contributed by atoms with van der Waals surface area (Å²) in [5.41, 5.74) is 10.8. The minimum absolute atomic E-state index is 0.531. The molecule has 0 spiro atoms. The van der Waals surface area contributed by atoms with Crippen LogP contribution < -0.4 is 0 Å². The third kappa shape index (κ3) is 4.01. The highest BCUT2D eigenvalue weighted by Gasteiger charge is 2.22. The van der Waals surface area contributed by atoms with E-state index in [0.717, 1.165) is 66.5 Å². The first-order valence-corrected chi connectivity index (χ1v) is 15.9. The summed E-state index contributed by atoms with van der Waals surface area (Å²) in [6.07, 6.45) is 0. The van der Waals surface area contributed by atoms with E-state index in [9.17, 15) is 0 Å². The molecule has 9 aromatic rings. The van der Waals surface area contributed by atoms with Crippen LogP contribution >= 0.6 is 0 Å². The lowest BCUT2D eigenvalue weighted by Crippen LogP contribution is -1.99. The third-order valence-electron chi connectivity index (χ3n) is 9.37. The average molecular weight is 611 g/mol. The second kappa shape index (κ2) is 10.9. The monoisotopic (exact) mass is 610 g/mol. The molecule has 0 fully saturated rings. The molecule has 0 unspecified atom stereocenters. The highest BCUT2D eigenvalue weighted by molar-refractivity contribution is 6.12. The number of fused-ring (bicyclic) bond motifs is 6. The van der Waals surface area contributed by atoms with Crippen LogP contribution in [0.15, 0.2) is 158 Å². The van der Waals surface area contributed by atoms with Gasteiger partial charge in [0.15, 0.2) is 5.69 Å². The van der Waals surface area contributed by atoms with Crippen LogP contribution in [-0.4, -0.2) is 9.13 Å². The van der Waals surface area contributed by atoms with Gasteiger partial charge in [-0.15, -0.1) is 0 Å². The molecule has 4 heteroatoms. The Hall–Kier alpha value is -6.88. The van der Waals surface area contributed by atoms with Gasteiger partial charge in [0.1, 0.15) is 0 Å². The van der Waals surface area contributed by atoms with Crippen LogP contribution in [0, 0.1) is 13.1 Å². The van der Waals surface area contributed by atoms with Crippen molar-refractivity contribution in [2.45, 2.75) is 0 Å². The Bertz CT molecular complexity index is 2710. The van der Waals surface area contributed by atoms with E-state index >= 15 is 0 Å². The Morgan fingerprint density at radius 1 is 0.396 bits per heavy atom. The number of nitrogens with zero attached hydrogens (tertiary/aromatic N) is 4. The molecular weight excluding hydrogens is 585 g/mol. The molecule has 0 saturated heterocycles. The first-order chi connectivity index (χ1) is 23.8. The minimum atomic E-state index is 0.531. The molecule has 0 aliphatic heterocycles. The number of para-hydroxylation sites is 5. The Labute approximate surface area is 277 Å². The zero-order valence-corrected chi connectivity index (χ0v) is 25.8. The quantitative estimate of drug-likeness (QED) is 0.177. The molecule has 0 saturated carbocycles. The maximum Gasteiger partial charge on any atom is 0.211 e. The van der Waals surface area contributed by atoms with Gasteiger partial charge in [0.25, 0.3) is 0 Å². The fraction of sp³-hybridized carbons (Fsp3) is 0. The molecule has 222 valence electrons. The van der Waals surface area contributed by atoms with Gasteiger partial charge in [0, 0.05) is 27.2 Å². The largest absolute Gasteiger partial charge is 0.318 e. The number of hydrogen-bond donors (Lipinski definition) is 0. The fourth-order valence-electron chi connectivity index (χ4n) is 7.39. The van der Waals surface area contributed by atoms with Crippen molar-refractivity contribution in [2.75, 3.05) is 0 Å². The van der Waals surface area contributed by atoms with E-state index in [1.807, 2.05) is 36.4 Å². The Kier molecular flexibility index (Phi) is 6.22. The molecule has 0 aliphatic rings. The second-order valence-electron chi connectivity index (χ2n) is 11.9. The summed E-state index contributed by atoms with van der Waals surface area (Å²) in [5, 5.41) is 4.66. The molecule has 2 heterocycles. The van der Waals surface area contributed by atoms with Crippen molar-refractivity contribution in [3.63, 3.8) is 0 Å². The number of aromatic nitrogens is 2. The summed E-state index contributed by atoms with van der Waals surface area (Å²) >= 11 is 0. The van der Waals surface area contributed by atoms with Crippen molar-refractivity contribution in [1.82, 2.24) is 9.13 Å². The van der Waals surface area contributed by atoms with E-state index in [1.54, 1.807) is 0 Å². The highest BCUT2D eigenvalue weighted by atomic mass is 15.0. The predicted molar refractivity (Wildman–Crippen MR) is 199 cm³/mol. The second-order valence-corrected chi connectivity index (χ2v) is 11.9. The highest BCUT2D eigenvalue weighted by Crippen LogP contribution is 2.47. The maximum absolute atomic E-state index is 8.29. The van der Waals surface area contributed by atoms with E-state index < -0.39 is 0 Å². The lowest BCUT2D eigenvalue weighted by atomic mass is 9.91. The van der Waals surface area contributed by atoms with Gasteiger partial charge in [0.2, 0.25) is 5.69 Å². The van der Waals surface area contributed by atoms with Crippen molar-refractivity contribution in [1.29, 1.82) is 0 Å². The standard InChI is InChI=1S/C44H26N4/c1-45-37-22-12-20-31(29-14-11-15-30(28-29)47-39-24-7-3-16-32(39)33-17-4-8-25-40(33)47)43(37)36-21-13-23-38(46-2)44(36)48-41-26-9-5-18-34(41)35-19-6-10-27-42(35)48/h3-28H. The minimum Gasteiger partial charge on any atom is -0.318 e. The molecule has 0 radical (unpaired) electrons. The molecule has 2 aromatic heterocycles. The molecule has 4 nitrogen and oxygen atoms in total. The van der Waals surface area contributed by atoms with Gasteiger partial charge in [0.05, 0.1) is 40.9 Å². The summed E-state index contributed by atoms with van der Waals surface area (Å²) in [5.74, 6) is 0. The summed E-state index contributed by atoms with van der Waals surface area (Å²) in [6, 6.07) is 54.0. The zero-order chi connectivity index (χ0) is 32.2. The predicted octanol–water partition coefficient (Wildman–Crippen LogP) is 12.3. The molecule has 9 rings (SSSR count). The maximum atomic E-state index is 8.29. The van der Waals surface area contributed by atoms with E-state index in [1.165, 1.54) is 10.8 Å². The van der Waals surface area contributed by atoms with E-state index in [-0.39, 0.29) is 0 Å². The molecule has 0 atom stereocenters.